The van der Waals surface area contributed by atoms with Crippen molar-refractivity contribution in [2.24, 2.45) is 0 Å². The predicted molar refractivity (Wildman–Crippen MR) is 87.1 cm³/mol. The molecule has 0 saturated heterocycles. The van der Waals surface area contributed by atoms with E-state index in [-0.39, 0.29) is 7.12 Å². The van der Waals surface area contributed by atoms with Crippen LogP contribution in [0.1, 0.15) is 34.2 Å². The van der Waals surface area contributed by atoms with Crippen LogP contribution >= 0.6 is 0 Å². The molecular formula is C15H21BN6. The van der Waals surface area contributed by atoms with Crippen molar-refractivity contribution in [3.63, 3.8) is 0 Å². The van der Waals surface area contributed by atoms with Gasteiger partial charge in [0, 0.05) is 17.1 Å². The maximum atomic E-state index is 4.66. The molecule has 3 heterocycles. The van der Waals surface area contributed by atoms with Gasteiger partial charge in [-0.15, -0.1) is 0 Å². The van der Waals surface area contributed by atoms with Gasteiger partial charge < -0.3 is 0 Å². The number of hydrogen-bond acceptors (Lipinski definition) is 3. The van der Waals surface area contributed by atoms with Gasteiger partial charge in [0.1, 0.15) is 0 Å². The zero-order valence-corrected chi connectivity index (χ0v) is 14.0. The summed E-state index contributed by atoms with van der Waals surface area (Å²) in [5.74, 6) is 0. The molecule has 3 rings (SSSR count). The Balaban J connectivity index is 2.25. The van der Waals surface area contributed by atoms with Crippen molar-refractivity contribution in [3.8, 4) is 0 Å². The number of nitrogens with zero attached hydrogens (tertiary/aromatic N) is 6. The Morgan fingerprint density at radius 3 is 1.05 bits per heavy atom. The molecule has 0 aliphatic carbocycles. The van der Waals surface area contributed by atoms with Gasteiger partial charge in [-0.1, -0.05) is 0 Å². The van der Waals surface area contributed by atoms with Gasteiger partial charge in [-0.3, -0.25) is 13.8 Å². The third-order valence-corrected chi connectivity index (χ3v) is 3.79. The average molecular weight is 296 g/mol. The molecule has 0 aliphatic rings. The van der Waals surface area contributed by atoms with Crippen molar-refractivity contribution in [1.82, 2.24) is 29.1 Å². The van der Waals surface area contributed by atoms with Crippen molar-refractivity contribution >= 4 is 7.12 Å². The molecule has 6 nitrogen and oxygen atoms in total. The van der Waals surface area contributed by atoms with E-state index in [9.17, 15) is 0 Å². The van der Waals surface area contributed by atoms with Gasteiger partial charge in [0.05, 0.1) is 17.1 Å². The summed E-state index contributed by atoms with van der Waals surface area (Å²) in [5.41, 5.74) is 6.23. The van der Waals surface area contributed by atoms with Crippen LogP contribution in [0.15, 0.2) is 18.2 Å². The summed E-state index contributed by atoms with van der Waals surface area (Å²) < 4.78 is 5.94. The third kappa shape index (κ3) is 2.36. The van der Waals surface area contributed by atoms with E-state index in [1.807, 2.05) is 34.5 Å². The van der Waals surface area contributed by atoms with E-state index in [4.69, 9.17) is 0 Å². The molecule has 0 bridgehead atoms. The number of rotatable bonds is 3. The van der Waals surface area contributed by atoms with Gasteiger partial charge in [-0.2, -0.15) is 15.3 Å². The lowest BCUT2D eigenvalue weighted by atomic mass is 9.93. The van der Waals surface area contributed by atoms with Crippen LogP contribution in [-0.4, -0.2) is 36.2 Å². The first kappa shape index (κ1) is 14.6. The van der Waals surface area contributed by atoms with Crippen molar-refractivity contribution in [2.75, 3.05) is 0 Å². The average Bonchev–Trinajstić information content (AvgIpc) is 3.02. The van der Waals surface area contributed by atoms with Crippen LogP contribution in [0, 0.1) is 41.5 Å². The summed E-state index contributed by atoms with van der Waals surface area (Å²) in [4.78, 5) is 0. The summed E-state index contributed by atoms with van der Waals surface area (Å²) in [5, 5.41) is 14.0. The van der Waals surface area contributed by atoms with Gasteiger partial charge >= 0.3 is 7.12 Å². The Hall–Kier alpha value is -2.31. The van der Waals surface area contributed by atoms with E-state index in [0.29, 0.717) is 0 Å². The molecule has 3 aromatic heterocycles. The molecule has 0 saturated carbocycles. The molecule has 0 spiro atoms. The Kier molecular flexibility index (Phi) is 3.43. The van der Waals surface area contributed by atoms with E-state index in [0.717, 1.165) is 34.2 Å². The molecule has 0 amide bonds. The molecule has 22 heavy (non-hydrogen) atoms. The van der Waals surface area contributed by atoms with E-state index < -0.39 is 0 Å². The van der Waals surface area contributed by atoms with Crippen LogP contribution in [0.2, 0.25) is 0 Å². The SMILES string of the molecule is Cc1cc(C)n(B(n2nc(C)cc2C)n2nc(C)cc2C)n1. The maximum Gasteiger partial charge on any atom is 0.569 e. The summed E-state index contributed by atoms with van der Waals surface area (Å²) in [6.07, 6.45) is 0. The fraction of sp³-hybridized carbons (Fsp3) is 0.400. The second-order valence-electron chi connectivity index (χ2n) is 5.96. The van der Waals surface area contributed by atoms with E-state index in [1.54, 1.807) is 0 Å². The molecule has 114 valence electrons. The fourth-order valence-electron chi connectivity index (χ4n) is 2.95. The normalized spacial score (nSPS) is 11.2. The van der Waals surface area contributed by atoms with Gasteiger partial charge in [0.15, 0.2) is 0 Å². The summed E-state index contributed by atoms with van der Waals surface area (Å²) >= 11 is 0. The molecule has 7 heteroatoms. The maximum absolute atomic E-state index is 4.66. The predicted octanol–water partition coefficient (Wildman–Crippen LogP) is 2.06. The highest BCUT2D eigenvalue weighted by Crippen LogP contribution is 2.12. The minimum absolute atomic E-state index is 0.226. The van der Waals surface area contributed by atoms with Crippen molar-refractivity contribution < 1.29 is 0 Å². The Bertz CT molecular complexity index is 715. The van der Waals surface area contributed by atoms with E-state index in [2.05, 4.69) is 54.3 Å². The van der Waals surface area contributed by atoms with E-state index in [1.165, 1.54) is 0 Å². The highest BCUT2D eigenvalue weighted by Gasteiger charge is 2.31. The first-order valence-electron chi connectivity index (χ1n) is 7.45. The first-order chi connectivity index (χ1) is 10.4. The number of hydrogen-bond donors (Lipinski definition) is 0. The van der Waals surface area contributed by atoms with Crippen molar-refractivity contribution in [2.45, 2.75) is 41.5 Å². The highest BCUT2D eigenvalue weighted by atomic mass is 15.5. The minimum Gasteiger partial charge on any atom is -0.266 e. The largest absolute Gasteiger partial charge is 0.569 e. The standard InChI is InChI=1S/C15H21BN6/c1-10-7-13(4)20(17-10)16(21-14(5)8-11(2)18-21)22-15(6)9-12(3)19-22/h7-9H,1-6H3. The lowest BCUT2D eigenvalue weighted by Crippen LogP contribution is -2.45. The van der Waals surface area contributed by atoms with Gasteiger partial charge in [0.2, 0.25) is 0 Å². The van der Waals surface area contributed by atoms with Crippen molar-refractivity contribution in [1.29, 1.82) is 0 Å². The lowest BCUT2D eigenvalue weighted by molar-refractivity contribution is 0.730. The molecule has 0 radical (unpaired) electrons. The number of aromatic nitrogens is 6. The second-order valence-corrected chi connectivity index (χ2v) is 5.96. The summed E-state index contributed by atoms with van der Waals surface area (Å²) in [7, 11) is -0.226. The molecule has 0 unspecified atom stereocenters. The topological polar surface area (TPSA) is 53.5 Å². The van der Waals surface area contributed by atoms with Crippen molar-refractivity contribution in [3.05, 3.63) is 52.4 Å². The zero-order chi connectivity index (χ0) is 16.0. The van der Waals surface area contributed by atoms with Crippen LogP contribution in [0.25, 0.3) is 0 Å². The molecule has 0 fully saturated rings. The van der Waals surface area contributed by atoms with Gasteiger partial charge in [-0.05, 0) is 59.7 Å². The minimum atomic E-state index is -0.226. The van der Waals surface area contributed by atoms with Crippen LogP contribution in [0.3, 0.4) is 0 Å². The Morgan fingerprint density at radius 2 is 0.864 bits per heavy atom. The third-order valence-electron chi connectivity index (χ3n) is 3.79. The number of aryl methyl sites for hydroxylation is 6. The Morgan fingerprint density at radius 1 is 0.591 bits per heavy atom. The van der Waals surface area contributed by atoms with E-state index >= 15 is 0 Å². The first-order valence-corrected chi connectivity index (χ1v) is 7.45. The summed E-state index contributed by atoms with van der Waals surface area (Å²) in [6, 6.07) is 6.22. The van der Waals surface area contributed by atoms with Gasteiger partial charge in [-0.25, -0.2) is 0 Å². The smallest absolute Gasteiger partial charge is 0.266 e. The second kappa shape index (κ2) is 5.16. The molecule has 3 aromatic rings. The molecular weight excluding hydrogens is 275 g/mol. The monoisotopic (exact) mass is 296 g/mol. The lowest BCUT2D eigenvalue weighted by Gasteiger charge is -2.18. The van der Waals surface area contributed by atoms with Crippen LogP contribution in [0.5, 0.6) is 0 Å². The fourth-order valence-corrected chi connectivity index (χ4v) is 2.95. The molecule has 0 N–H and O–H groups in total. The van der Waals surface area contributed by atoms with Crippen LogP contribution in [0.4, 0.5) is 0 Å². The highest BCUT2D eigenvalue weighted by molar-refractivity contribution is 6.53. The molecule has 0 atom stereocenters. The zero-order valence-electron chi connectivity index (χ0n) is 14.0. The van der Waals surface area contributed by atoms with Crippen LogP contribution < -0.4 is 0 Å². The quantitative estimate of drug-likeness (QED) is 0.695. The summed E-state index contributed by atoms with van der Waals surface area (Å²) in [6.45, 7) is 12.2. The molecule has 0 aromatic carbocycles. The van der Waals surface area contributed by atoms with Crippen LogP contribution in [-0.2, 0) is 0 Å². The molecule has 0 aliphatic heterocycles. The Labute approximate surface area is 130 Å². The van der Waals surface area contributed by atoms with Gasteiger partial charge in [0.25, 0.3) is 0 Å².